The van der Waals surface area contributed by atoms with Gasteiger partial charge in [-0.15, -0.1) is 0 Å². The number of amides is 1. The maximum Gasteiger partial charge on any atom is 0.263 e. The smallest absolute Gasteiger partial charge is 0.263 e. The zero-order valence-electron chi connectivity index (χ0n) is 16.9. The van der Waals surface area contributed by atoms with E-state index in [0.29, 0.717) is 19.0 Å². The maximum atomic E-state index is 12.6. The minimum atomic E-state index is -0.353. The summed E-state index contributed by atoms with van der Waals surface area (Å²) < 4.78 is 0. The summed E-state index contributed by atoms with van der Waals surface area (Å²) in [6.45, 7) is 6.90. The average Bonchev–Trinajstić information content (AvgIpc) is 2.78. The van der Waals surface area contributed by atoms with Gasteiger partial charge in [-0.2, -0.15) is 5.26 Å². The molecular formula is C22H26N6O. The molecule has 0 saturated carbocycles. The highest BCUT2D eigenvalue weighted by Crippen LogP contribution is 2.15. The Kier molecular flexibility index (Phi) is 6.80. The number of aromatic nitrogens is 2. The van der Waals surface area contributed by atoms with Gasteiger partial charge in [-0.1, -0.05) is 31.2 Å². The average molecular weight is 390 g/mol. The lowest BCUT2D eigenvalue weighted by molar-refractivity contribution is -0.117. The van der Waals surface area contributed by atoms with Crippen LogP contribution in [0.1, 0.15) is 31.0 Å². The number of nitrogens with zero attached hydrogens (tertiary/aromatic N) is 5. The molecular weight excluding hydrogens is 364 g/mol. The number of carbonyl (C=O) groups is 1. The van der Waals surface area contributed by atoms with Gasteiger partial charge in [-0.3, -0.25) is 4.79 Å². The third-order valence-corrected chi connectivity index (χ3v) is 5.06. The van der Waals surface area contributed by atoms with Crippen LogP contribution in [0.3, 0.4) is 0 Å². The molecule has 1 unspecified atom stereocenters. The minimum Gasteiger partial charge on any atom is -0.373 e. The zero-order valence-corrected chi connectivity index (χ0v) is 16.9. The number of nitriles is 1. The Morgan fingerprint density at radius 1 is 1.21 bits per heavy atom. The quantitative estimate of drug-likeness (QED) is 0.602. The molecule has 0 aliphatic carbocycles. The molecule has 0 radical (unpaired) electrons. The number of hydrogen-bond acceptors (Lipinski definition) is 6. The molecule has 1 aromatic carbocycles. The van der Waals surface area contributed by atoms with E-state index in [2.05, 4.69) is 39.2 Å². The summed E-state index contributed by atoms with van der Waals surface area (Å²) in [5, 5.41) is 12.4. The number of rotatable bonds is 6. The lowest BCUT2D eigenvalue weighted by atomic mass is 10.0. The van der Waals surface area contributed by atoms with E-state index in [0.717, 1.165) is 25.1 Å². The molecule has 1 atom stereocenters. The molecule has 1 aliphatic rings. The fourth-order valence-corrected chi connectivity index (χ4v) is 3.23. The molecule has 1 N–H and O–H groups in total. The minimum absolute atomic E-state index is 0.117. The molecule has 2 heterocycles. The summed E-state index contributed by atoms with van der Waals surface area (Å²) in [6, 6.07) is 11.8. The van der Waals surface area contributed by atoms with Crippen LogP contribution in [0.2, 0.25) is 0 Å². The van der Waals surface area contributed by atoms with E-state index in [9.17, 15) is 10.1 Å². The van der Waals surface area contributed by atoms with Gasteiger partial charge in [0.2, 0.25) is 5.95 Å². The topological polar surface area (TPSA) is 85.2 Å². The van der Waals surface area contributed by atoms with Gasteiger partial charge in [0.15, 0.2) is 0 Å². The van der Waals surface area contributed by atoms with E-state index in [4.69, 9.17) is 0 Å². The summed E-state index contributed by atoms with van der Waals surface area (Å²) in [5.41, 5.74) is 2.39. The Labute approximate surface area is 171 Å². The molecule has 1 aromatic heterocycles. The van der Waals surface area contributed by atoms with E-state index < -0.39 is 0 Å². The summed E-state index contributed by atoms with van der Waals surface area (Å²) >= 11 is 0. The van der Waals surface area contributed by atoms with Gasteiger partial charge in [0.1, 0.15) is 11.6 Å². The molecule has 1 fully saturated rings. The van der Waals surface area contributed by atoms with Crippen LogP contribution < -0.4 is 10.2 Å². The van der Waals surface area contributed by atoms with Gasteiger partial charge < -0.3 is 15.1 Å². The Hall–Kier alpha value is -3.40. The predicted molar refractivity (Wildman–Crippen MR) is 112 cm³/mol. The first-order chi connectivity index (χ1) is 14.1. The van der Waals surface area contributed by atoms with E-state index in [1.54, 1.807) is 24.7 Å². The van der Waals surface area contributed by atoms with Crippen molar-refractivity contribution in [1.29, 1.82) is 5.26 Å². The summed E-state index contributed by atoms with van der Waals surface area (Å²) in [5.74, 6) is 0.352. The van der Waals surface area contributed by atoms with Crippen LogP contribution in [0.25, 0.3) is 0 Å². The van der Waals surface area contributed by atoms with Gasteiger partial charge in [0, 0.05) is 44.8 Å². The monoisotopic (exact) mass is 390 g/mol. The lowest BCUT2D eigenvalue weighted by Gasteiger charge is -2.34. The number of hydrogen-bond donors (Lipinski definition) is 1. The molecule has 3 rings (SSSR count). The van der Waals surface area contributed by atoms with Crippen molar-refractivity contribution < 1.29 is 4.79 Å². The van der Waals surface area contributed by atoms with Crippen LogP contribution in [0.5, 0.6) is 0 Å². The first-order valence-corrected chi connectivity index (χ1v) is 9.88. The standard InChI is InChI=1S/C22H26N6O/c1-3-18-5-7-19(8-6-18)17(2)26-21(29)20(15-23)16-27-11-13-28(14-12-27)22-24-9-4-10-25-22/h4-10,16-17H,3,11-14H2,1-2H3,(H,26,29)/b20-16-. The van der Waals surface area contributed by atoms with Crippen molar-refractivity contribution in [1.82, 2.24) is 20.2 Å². The highest BCUT2D eigenvalue weighted by atomic mass is 16.1. The first-order valence-electron chi connectivity index (χ1n) is 9.88. The summed E-state index contributed by atoms with van der Waals surface area (Å²) in [6.07, 6.45) is 6.09. The number of nitrogens with one attached hydrogen (secondary N) is 1. The van der Waals surface area contributed by atoms with Crippen molar-refractivity contribution in [2.24, 2.45) is 0 Å². The van der Waals surface area contributed by atoms with Crippen molar-refractivity contribution in [3.8, 4) is 6.07 Å². The van der Waals surface area contributed by atoms with Gasteiger partial charge in [0.25, 0.3) is 5.91 Å². The van der Waals surface area contributed by atoms with Crippen LogP contribution in [0, 0.1) is 11.3 Å². The largest absolute Gasteiger partial charge is 0.373 e. The highest BCUT2D eigenvalue weighted by Gasteiger charge is 2.19. The maximum absolute atomic E-state index is 12.6. The Bertz CT molecular complexity index is 880. The van der Waals surface area contributed by atoms with Gasteiger partial charge >= 0.3 is 0 Å². The van der Waals surface area contributed by atoms with Crippen LogP contribution in [0.4, 0.5) is 5.95 Å². The number of carbonyl (C=O) groups excluding carboxylic acids is 1. The van der Waals surface area contributed by atoms with Crippen molar-refractivity contribution >= 4 is 11.9 Å². The first kappa shape index (κ1) is 20.3. The van der Waals surface area contributed by atoms with E-state index in [1.165, 1.54) is 5.56 Å². The van der Waals surface area contributed by atoms with Crippen LogP contribution >= 0.6 is 0 Å². The highest BCUT2D eigenvalue weighted by molar-refractivity contribution is 5.97. The van der Waals surface area contributed by atoms with E-state index in [1.807, 2.05) is 30.0 Å². The fourth-order valence-electron chi connectivity index (χ4n) is 3.23. The summed E-state index contributed by atoms with van der Waals surface area (Å²) in [7, 11) is 0. The fraction of sp³-hybridized carbons (Fsp3) is 0.364. The molecule has 7 heteroatoms. The Morgan fingerprint density at radius 2 is 1.86 bits per heavy atom. The number of aryl methyl sites for hydroxylation is 1. The Balaban J connectivity index is 1.57. The molecule has 1 amide bonds. The second-order valence-corrected chi connectivity index (χ2v) is 7.02. The van der Waals surface area contributed by atoms with Crippen molar-refractivity contribution in [2.75, 3.05) is 31.1 Å². The Morgan fingerprint density at radius 3 is 2.45 bits per heavy atom. The lowest BCUT2D eigenvalue weighted by Crippen LogP contribution is -2.45. The van der Waals surface area contributed by atoms with Crippen LogP contribution in [0.15, 0.2) is 54.5 Å². The molecule has 2 aromatic rings. The third kappa shape index (κ3) is 5.32. The third-order valence-electron chi connectivity index (χ3n) is 5.06. The van der Waals surface area contributed by atoms with Crippen LogP contribution in [-0.2, 0) is 11.2 Å². The van der Waals surface area contributed by atoms with Crippen LogP contribution in [-0.4, -0.2) is 47.0 Å². The van der Waals surface area contributed by atoms with E-state index >= 15 is 0 Å². The molecule has 1 saturated heterocycles. The molecule has 1 aliphatic heterocycles. The number of benzene rings is 1. The second kappa shape index (κ2) is 9.69. The summed E-state index contributed by atoms with van der Waals surface area (Å²) in [4.78, 5) is 25.2. The number of piperazine rings is 1. The number of anilines is 1. The van der Waals surface area contributed by atoms with Crippen molar-refractivity contribution in [3.63, 3.8) is 0 Å². The molecule has 0 spiro atoms. The molecule has 7 nitrogen and oxygen atoms in total. The molecule has 29 heavy (non-hydrogen) atoms. The van der Waals surface area contributed by atoms with Gasteiger partial charge in [0.05, 0.1) is 6.04 Å². The van der Waals surface area contributed by atoms with Crippen molar-refractivity contribution in [3.05, 3.63) is 65.6 Å². The molecule has 150 valence electrons. The normalized spacial score (nSPS) is 15.6. The van der Waals surface area contributed by atoms with Gasteiger partial charge in [-0.25, -0.2) is 9.97 Å². The SMILES string of the molecule is CCc1ccc(C(C)NC(=O)/C(C#N)=C\N2CCN(c3ncccn3)CC2)cc1. The second-order valence-electron chi connectivity index (χ2n) is 7.02. The predicted octanol–water partition coefficient (Wildman–Crippen LogP) is 2.45. The van der Waals surface area contributed by atoms with Gasteiger partial charge in [-0.05, 0) is 30.5 Å². The van der Waals surface area contributed by atoms with Crippen molar-refractivity contribution in [2.45, 2.75) is 26.3 Å². The zero-order chi connectivity index (χ0) is 20.6. The molecule has 0 bridgehead atoms. The van der Waals surface area contributed by atoms with E-state index in [-0.39, 0.29) is 17.5 Å².